The highest BCUT2D eigenvalue weighted by Gasteiger charge is 2.24. The molecule has 0 saturated heterocycles. The fourth-order valence-electron chi connectivity index (χ4n) is 2.56. The summed E-state index contributed by atoms with van der Waals surface area (Å²) in [6.45, 7) is 5.45. The second-order valence-corrected chi connectivity index (χ2v) is 6.02. The number of hydrogen-bond acceptors (Lipinski definition) is 3. The van der Waals surface area contributed by atoms with Crippen molar-refractivity contribution in [2.45, 2.75) is 33.2 Å². The number of amides is 2. The number of aliphatic carboxylic acids is 1. The lowest BCUT2D eigenvalue weighted by Gasteiger charge is -2.18. The van der Waals surface area contributed by atoms with Crippen molar-refractivity contribution in [2.75, 3.05) is 5.32 Å². The summed E-state index contributed by atoms with van der Waals surface area (Å²) in [6.07, 6.45) is 0.324. The van der Waals surface area contributed by atoms with E-state index in [2.05, 4.69) is 10.6 Å². The number of rotatable bonds is 6. The zero-order valence-electron chi connectivity index (χ0n) is 15.0. The lowest BCUT2D eigenvalue weighted by molar-refractivity contribution is -0.139. The van der Waals surface area contributed by atoms with Gasteiger partial charge < -0.3 is 15.7 Å². The second kappa shape index (κ2) is 8.29. The van der Waals surface area contributed by atoms with E-state index in [9.17, 15) is 19.5 Å². The number of carboxylic acids is 1. The van der Waals surface area contributed by atoms with Crippen LogP contribution in [0.15, 0.2) is 42.5 Å². The van der Waals surface area contributed by atoms with Crippen LogP contribution in [0.5, 0.6) is 0 Å². The maximum absolute atomic E-state index is 12.5. The Morgan fingerprint density at radius 1 is 1.08 bits per heavy atom. The predicted octanol–water partition coefficient (Wildman–Crippen LogP) is 3.21. The number of carbonyl (C=O) groups is 3. The van der Waals surface area contributed by atoms with Crippen molar-refractivity contribution in [3.63, 3.8) is 0 Å². The third-order valence-corrected chi connectivity index (χ3v) is 4.21. The van der Waals surface area contributed by atoms with Crippen LogP contribution in [0.3, 0.4) is 0 Å². The number of carboxylic acid groups (broad SMARTS) is 1. The summed E-state index contributed by atoms with van der Waals surface area (Å²) in [7, 11) is 0. The van der Waals surface area contributed by atoms with Gasteiger partial charge in [0.1, 0.15) is 0 Å². The van der Waals surface area contributed by atoms with Crippen molar-refractivity contribution in [2.24, 2.45) is 0 Å². The molecule has 136 valence electrons. The van der Waals surface area contributed by atoms with Crippen LogP contribution in [-0.4, -0.2) is 22.9 Å². The van der Waals surface area contributed by atoms with E-state index >= 15 is 0 Å². The smallest absolute Gasteiger partial charge is 0.330 e. The van der Waals surface area contributed by atoms with E-state index in [1.54, 1.807) is 37.3 Å². The quantitative estimate of drug-likeness (QED) is 0.742. The number of hydrogen-bond donors (Lipinski definition) is 3. The van der Waals surface area contributed by atoms with Gasteiger partial charge in [-0.15, -0.1) is 0 Å². The molecule has 0 aliphatic carbocycles. The second-order valence-electron chi connectivity index (χ2n) is 6.02. The summed E-state index contributed by atoms with van der Waals surface area (Å²) in [5.74, 6) is -1.82. The first-order chi connectivity index (χ1) is 12.3. The van der Waals surface area contributed by atoms with Crippen LogP contribution < -0.4 is 10.6 Å². The van der Waals surface area contributed by atoms with Gasteiger partial charge in [-0.25, -0.2) is 4.79 Å². The van der Waals surface area contributed by atoms with Gasteiger partial charge in [-0.1, -0.05) is 31.2 Å². The van der Waals surface area contributed by atoms with E-state index in [1.165, 1.54) is 6.07 Å². The number of anilines is 1. The molecular formula is C20H22N2O4. The van der Waals surface area contributed by atoms with E-state index in [0.717, 1.165) is 11.1 Å². The summed E-state index contributed by atoms with van der Waals surface area (Å²) in [5.41, 5.74) is 3.08. The first-order valence-electron chi connectivity index (χ1n) is 8.33. The van der Waals surface area contributed by atoms with Crippen LogP contribution in [0.2, 0.25) is 0 Å². The van der Waals surface area contributed by atoms with Gasteiger partial charge in [0.2, 0.25) is 5.91 Å². The Labute approximate surface area is 152 Å². The largest absolute Gasteiger partial charge is 0.479 e. The highest BCUT2D eigenvalue weighted by Crippen LogP contribution is 2.22. The van der Waals surface area contributed by atoms with Gasteiger partial charge in [-0.2, -0.15) is 0 Å². The molecule has 0 radical (unpaired) electrons. The van der Waals surface area contributed by atoms with Gasteiger partial charge in [0, 0.05) is 17.7 Å². The van der Waals surface area contributed by atoms with Crippen molar-refractivity contribution >= 4 is 23.5 Å². The summed E-state index contributed by atoms with van der Waals surface area (Å²) >= 11 is 0. The molecule has 2 aromatic carbocycles. The molecule has 0 heterocycles. The Kier molecular flexibility index (Phi) is 6.11. The van der Waals surface area contributed by atoms with Crippen molar-refractivity contribution in [3.8, 4) is 0 Å². The SMILES string of the molecule is CCC(=O)Nc1cccc(C(=O)NC(C(=O)O)c2cccc(C)c2C)c1. The van der Waals surface area contributed by atoms with Gasteiger partial charge in [-0.05, 0) is 48.7 Å². The van der Waals surface area contributed by atoms with Crippen molar-refractivity contribution in [1.29, 1.82) is 0 Å². The summed E-state index contributed by atoms with van der Waals surface area (Å²) < 4.78 is 0. The first kappa shape index (κ1) is 19.2. The Morgan fingerprint density at radius 3 is 2.42 bits per heavy atom. The van der Waals surface area contributed by atoms with Crippen LogP contribution >= 0.6 is 0 Å². The minimum absolute atomic E-state index is 0.165. The molecule has 1 unspecified atom stereocenters. The maximum atomic E-state index is 12.5. The van der Waals surface area contributed by atoms with Crippen LogP contribution in [0.4, 0.5) is 5.69 Å². The zero-order valence-corrected chi connectivity index (χ0v) is 15.0. The van der Waals surface area contributed by atoms with Crippen LogP contribution in [-0.2, 0) is 9.59 Å². The van der Waals surface area contributed by atoms with Gasteiger partial charge in [0.05, 0.1) is 0 Å². The molecular weight excluding hydrogens is 332 g/mol. The third kappa shape index (κ3) is 4.47. The molecule has 0 spiro atoms. The molecule has 2 aromatic rings. The van der Waals surface area contributed by atoms with Gasteiger partial charge in [0.25, 0.3) is 5.91 Å². The Balaban J connectivity index is 2.26. The minimum Gasteiger partial charge on any atom is -0.479 e. The minimum atomic E-state index is -1.16. The average Bonchev–Trinajstić information content (AvgIpc) is 2.62. The van der Waals surface area contributed by atoms with E-state index < -0.39 is 17.9 Å². The van der Waals surface area contributed by atoms with Crippen molar-refractivity contribution in [3.05, 3.63) is 64.7 Å². The first-order valence-corrected chi connectivity index (χ1v) is 8.33. The molecule has 1 atom stereocenters. The molecule has 3 N–H and O–H groups in total. The van der Waals surface area contributed by atoms with E-state index in [1.807, 2.05) is 19.9 Å². The Morgan fingerprint density at radius 2 is 1.77 bits per heavy atom. The van der Waals surface area contributed by atoms with E-state index in [-0.39, 0.29) is 11.5 Å². The Bertz CT molecular complexity index is 845. The highest BCUT2D eigenvalue weighted by atomic mass is 16.4. The van der Waals surface area contributed by atoms with Crippen molar-refractivity contribution < 1.29 is 19.5 Å². The molecule has 6 heteroatoms. The zero-order chi connectivity index (χ0) is 19.3. The van der Waals surface area contributed by atoms with Crippen LogP contribution in [0, 0.1) is 13.8 Å². The van der Waals surface area contributed by atoms with Crippen molar-refractivity contribution in [1.82, 2.24) is 5.32 Å². The number of carbonyl (C=O) groups excluding carboxylic acids is 2. The molecule has 6 nitrogen and oxygen atoms in total. The maximum Gasteiger partial charge on any atom is 0.330 e. The number of nitrogens with one attached hydrogen (secondary N) is 2. The van der Waals surface area contributed by atoms with Gasteiger partial charge in [-0.3, -0.25) is 9.59 Å². The topological polar surface area (TPSA) is 95.5 Å². The fraction of sp³-hybridized carbons (Fsp3) is 0.250. The van der Waals surface area contributed by atoms with Crippen LogP contribution in [0.25, 0.3) is 0 Å². The normalized spacial score (nSPS) is 11.5. The molecule has 2 amide bonds. The molecule has 2 rings (SSSR count). The molecule has 0 aliphatic heterocycles. The van der Waals surface area contributed by atoms with E-state index in [0.29, 0.717) is 17.7 Å². The van der Waals surface area contributed by atoms with Gasteiger partial charge in [0.15, 0.2) is 6.04 Å². The summed E-state index contributed by atoms with van der Waals surface area (Å²) in [4.78, 5) is 35.8. The summed E-state index contributed by atoms with van der Waals surface area (Å²) in [6, 6.07) is 10.6. The molecule has 0 fully saturated rings. The third-order valence-electron chi connectivity index (χ3n) is 4.21. The monoisotopic (exact) mass is 354 g/mol. The molecule has 0 saturated carbocycles. The molecule has 0 bridgehead atoms. The highest BCUT2D eigenvalue weighted by molar-refractivity contribution is 5.99. The lowest BCUT2D eigenvalue weighted by atomic mass is 9.97. The predicted molar refractivity (Wildman–Crippen MR) is 99.1 cm³/mol. The lowest BCUT2D eigenvalue weighted by Crippen LogP contribution is -2.34. The van der Waals surface area contributed by atoms with Gasteiger partial charge >= 0.3 is 5.97 Å². The Hall–Kier alpha value is -3.15. The van der Waals surface area contributed by atoms with E-state index in [4.69, 9.17) is 0 Å². The van der Waals surface area contributed by atoms with Crippen LogP contribution in [0.1, 0.15) is 46.4 Å². The standard InChI is InChI=1S/C20H22N2O4/c1-4-17(23)21-15-9-6-8-14(11-15)19(24)22-18(20(25)26)16-10-5-7-12(2)13(16)3/h5-11,18H,4H2,1-3H3,(H,21,23)(H,22,24)(H,25,26). The fourth-order valence-corrected chi connectivity index (χ4v) is 2.56. The number of aryl methyl sites for hydroxylation is 1. The molecule has 0 aromatic heterocycles. The molecule has 26 heavy (non-hydrogen) atoms. The summed E-state index contributed by atoms with van der Waals surface area (Å²) in [5, 5.41) is 14.8. The average molecular weight is 354 g/mol. The molecule has 0 aliphatic rings. The number of benzene rings is 2.